The van der Waals surface area contributed by atoms with Gasteiger partial charge in [-0.05, 0) is 0 Å². The van der Waals surface area contributed by atoms with Crippen molar-refractivity contribution >= 4 is 34.7 Å². The number of hydrogen-bond donors (Lipinski definition) is 0. The first-order chi connectivity index (χ1) is 4.15. The van der Waals surface area contributed by atoms with E-state index in [1.165, 1.54) is 0 Å². The standard InChI is InChI=1S/2CF3.HI.Sb/c2*2-1(3)4;;/h;;1H;/q;;;+1/p-1. The van der Waals surface area contributed by atoms with Gasteiger partial charge >= 0.3 is 69.3 Å². The molecule has 0 saturated carbocycles. The zero-order chi connectivity index (χ0) is 8.58. The monoisotopic (exact) mass is 386 g/mol. The molecule has 0 saturated heterocycles. The maximum atomic E-state index is 11.3. The quantitative estimate of drug-likeness (QED) is 0.341. The Hall–Kier alpha value is 1.13. The third-order valence-corrected chi connectivity index (χ3v) is 10.3. The van der Waals surface area contributed by atoms with Crippen molar-refractivity contribution in [2.24, 2.45) is 0 Å². The summed E-state index contributed by atoms with van der Waals surface area (Å²) in [6.07, 6.45) is 0. The summed E-state index contributed by atoms with van der Waals surface area (Å²) in [5, 5.41) is 0. The minimum absolute atomic E-state index is 0.488. The van der Waals surface area contributed by atoms with E-state index in [2.05, 4.69) is 0 Å². The van der Waals surface area contributed by atoms with E-state index in [0.717, 1.165) is 0 Å². The van der Waals surface area contributed by atoms with Gasteiger partial charge in [0.25, 0.3) is 0 Å². The van der Waals surface area contributed by atoms with Gasteiger partial charge in [0.1, 0.15) is 0 Å². The van der Waals surface area contributed by atoms with Crippen molar-refractivity contribution in [3.8, 4) is 0 Å². The van der Waals surface area contributed by atoms with Crippen LogP contribution in [0.25, 0.3) is 0 Å². The van der Waals surface area contributed by atoms with Crippen LogP contribution in [0.15, 0.2) is 0 Å². The van der Waals surface area contributed by atoms with Gasteiger partial charge in [0.2, 0.25) is 0 Å². The van der Waals surface area contributed by atoms with Crippen LogP contribution in [0.2, 0.25) is 0 Å². The molecule has 10 heavy (non-hydrogen) atoms. The van der Waals surface area contributed by atoms with Crippen LogP contribution in [0.1, 0.15) is 0 Å². The van der Waals surface area contributed by atoms with Crippen LogP contribution in [0, 0.1) is 0 Å². The summed E-state index contributed by atoms with van der Waals surface area (Å²) in [4.78, 5) is 0. The van der Waals surface area contributed by atoms with E-state index in [9.17, 15) is 26.3 Å². The average molecular weight is 387 g/mol. The van der Waals surface area contributed by atoms with E-state index in [0.29, 0.717) is 18.5 Å². The van der Waals surface area contributed by atoms with Gasteiger partial charge in [-0.1, -0.05) is 0 Å². The summed E-state index contributed by atoms with van der Waals surface area (Å²) in [6, 6.07) is 0. The van der Waals surface area contributed by atoms with Crippen molar-refractivity contribution in [2.45, 2.75) is 8.25 Å². The molecular weight excluding hydrogens is 387 g/mol. The minimum atomic E-state index is -5.04. The van der Waals surface area contributed by atoms with Crippen molar-refractivity contribution in [2.75, 3.05) is 0 Å². The molecule has 0 aliphatic heterocycles. The van der Waals surface area contributed by atoms with Crippen molar-refractivity contribution in [3.63, 3.8) is 0 Å². The summed E-state index contributed by atoms with van der Waals surface area (Å²) in [5.74, 6) is 0. The zero-order valence-electron chi connectivity index (χ0n) is 4.09. The predicted octanol–water partition coefficient (Wildman–Crippen LogP) is 2.62. The van der Waals surface area contributed by atoms with E-state index in [-0.39, 0.29) is 0 Å². The predicted molar refractivity (Wildman–Crippen MR) is 31.9 cm³/mol. The Morgan fingerprint density at radius 2 is 1.00 bits per heavy atom. The molecule has 0 heterocycles. The average Bonchev–Trinajstić information content (AvgIpc) is 1.59. The number of hydrogen-bond acceptors (Lipinski definition) is 0. The second-order valence-electron chi connectivity index (χ2n) is 1.22. The maximum absolute atomic E-state index is 11.3. The Morgan fingerprint density at radius 1 is 0.800 bits per heavy atom. The summed E-state index contributed by atoms with van der Waals surface area (Å²) in [5.41, 5.74) is 0. The Kier molecular flexibility index (Phi) is 3.61. The molecule has 0 nitrogen and oxygen atoms in total. The molecule has 0 fully saturated rings. The first-order valence-corrected chi connectivity index (χ1v) is 11.7. The molecule has 0 N–H and O–H groups in total. The van der Waals surface area contributed by atoms with E-state index < -0.39 is 24.4 Å². The van der Waals surface area contributed by atoms with Gasteiger partial charge in [-0.3, -0.25) is 0 Å². The fourth-order valence-electron chi connectivity index (χ4n) is 0.144. The van der Waals surface area contributed by atoms with Gasteiger partial charge in [0.05, 0.1) is 0 Å². The van der Waals surface area contributed by atoms with Crippen LogP contribution in [0.4, 0.5) is 26.3 Å². The second-order valence-corrected chi connectivity index (χ2v) is 12.2. The third-order valence-electron chi connectivity index (χ3n) is 0.445. The van der Waals surface area contributed by atoms with Gasteiger partial charge in [0.15, 0.2) is 0 Å². The van der Waals surface area contributed by atoms with Crippen molar-refractivity contribution in [1.29, 1.82) is 0 Å². The van der Waals surface area contributed by atoms with E-state index >= 15 is 0 Å². The normalized spacial score (nSPS) is 14.4. The first-order valence-electron chi connectivity index (χ1n) is 1.75. The molecule has 62 valence electrons. The Morgan fingerprint density at radius 3 is 1.00 bits per heavy atom. The molecule has 0 radical (unpaired) electrons. The molecular formula is C2F6ISb. The molecule has 0 aromatic carbocycles. The van der Waals surface area contributed by atoms with Crippen molar-refractivity contribution in [1.82, 2.24) is 0 Å². The van der Waals surface area contributed by atoms with E-state index in [1.807, 2.05) is 0 Å². The molecule has 0 spiro atoms. The van der Waals surface area contributed by atoms with Gasteiger partial charge in [-0.2, -0.15) is 0 Å². The van der Waals surface area contributed by atoms with Crippen LogP contribution in [0.3, 0.4) is 0 Å². The van der Waals surface area contributed by atoms with E-state index in [1.54, 1.807) is 0 Å². The molecule has 0 aliphatic carbocycles. The van der Waals surface area contributed by atoms with Crippen LogP contribution in [-0.2, 0) is 0 Å². The zero-order valence-corrected chi connectivity index (χ0v) is 8.80. The van der Waals surface area contributed by atoms with Gasteiger partial charge in [-0.15, -0.1) is 0 Å². The molecule has 0 amide bonds. The molecule has 0 aliphatic rings. The Labute approximate surface area is 69.0 Å². The molecule has 8 heteroatoms. The summed E-state index contributed by atoms with van der Waals surface area (Å²) in [6.45, 7) is 0. The molecule has 0 bridgehead atoms. The van der Waals surface area contributed by atoms with Crippen LogP contribution in [0.5, 0.6) is 0 Å². The fourth-order valence-corrected chi connectivity index (χ4v) is 0.964. The molecule has 0 aromatic heterocycles. The van der Waals surface area contributed by atoms with Gasteiger partial charge in [0, 0.05) is 0 Å². The molecule has 0 aromatic rings. The molecule has 0 atom stereocenters. The summed E-state index contributed by atoms with van der Waals surface area (Å²) in [7, 11) is 0. The fraction of sp³-hybridized carbons (Fsp3) is 1.00. The van der Waals surface area contributed by atoms with E-state index in [4.69, 9.17) is 0 Å². The van der Waals surface area contributed by atoms with Gasteiger partial charge < -0.3 is 0 Å². The van der Waals surface area contributed by atoms with Crippen molar-refractivity contribution in [3.05, 3.63) is 0 Å². The number of rotatable bonds is 0. The SMILES string of the molecule is F[C](F)(F)[Sb]([I])[C](F)(F)F. The Bertz CT molecular complexity index is 99.9. The van der Waals surface area contributed by atoms with Crippen LogP contribution >= 0.6 is 18.5 Å². The van der Waals surface area contributed by atoms with Crippen LogP contribution in [-0.4, -0.2) is 24.4 Å². The first kappa shape index (κ1) is 11.1. The summed E-state index contributed by atoms with van der Waals surface area (Å²) >= 11 is -4.55. The number of alkyl halides is 6. The molecule has 0 unspecified atom stereocenters. The Balaban J connectivity index is 4.23. The second kappa shape index (κ2) is 3.24. The van der Waals surface area contributed by atoms with Crippen molar-refractivity contribution < 1.29 is 26.3 Å². The molecule has 0 rings (SSSR count). The van der Waals surface area contributed by atoms with Gasteiger partial charge in [-0.25, -0.2) is 0 Å². The van der Waals surface area contributed by atoms with Crippen LogP contribution < -0.4 is 0 Å². The third kappa shape index (κ3) is 3.50. The topological polar surface area (TPSA) is 0 Å². The number of halogens is 7. The summed E-state index contributed by atoms with van der Waals surface area (Å²) < 4.78 is 57.8.